The number of carbonyl (C=O) groups is 1. The minimum Gasteiger partial charge on any atom is -0.293 e. The fourth-order valence-corrected chi connectivity index (χ4v) is 3.40. The smallest absolute Gasteiger partial charge is 0.209 e. The number of hydrogen-bond donors (Lipinski definition) is 1. The van der Waals surface area contributed by atoms with E-state index in [0.717, 1.165) is 34.8 Å². The van der Waals surface area contributed by atoms with Crippen molar-refractivity contribution in [3.8, 4) is 10.7 Å². The number of ketones is 1. The first kappa shape index (κ1) is 15.8. The van der Waals surface area contributed by atoms with Crippen LogP contribution in [-0.4, -0.2) is 26.2 Å². The zero-order chi connectivity index (χ0) is 16.4. The Kier molecular flexibility index (Phi) is 4.53. The Bertz CT molecular complexity index is 833. The molecule has 0 bridgehead atoms. The monoisotopic (exact) mass is 351 g/mol. The van der Waals surface area contributed by atoms with Gasteiger partial charge in [-0.3, -0.25) is 9.89 Å². The highest BCUT2D eigenvalue weighted by Crippen LogP contribution is 2.27. The lowest BCUT2D eigenvalue weighted by molar-refractivity contribution is 0.0989. The van der Waals surface area contributed by atoms with Crippen molar-refractivity contribution in [1.82, 2.24) is 15.2 Å². The molecule has 0 spiro atoms. The Labute approximate surface area is 139 Å². The van der Waals surface area contributed by atoms with Crippen LogP contribution in [0.1, 0.15) is 17.3 Å². The van der Waals surface area contributed by atoms with Gasteiger partial charge in [0.1, 0.15) is 11.6 Å². The molecule has 0 aliphatic carbocycles. The summed E-state index contributed by atoms with van der Waals surface area (Å²) in [6.45, 7) is 1.61. The van der Waals surface area contributed by atoms with E-state index in [9.17, 15) is 13.6 Å². The molecule has 1 unspecified atom stereocenters. The van der Waals surface area contributed by atoms with Crippen LogP contribution in [0.2, 0.25) is 0 Å². The molecule has 1 atom stereocenters. The zero-order valence-corrected chi connectivity index (χ0v) is 13.5. The van der Waals surface area contributed by atoms with Gasteiger partial charge in [-0.2, -0.15) is 0 Å². The molecule has 1 aromatic carbocycles. The summed E-state index contributed by atoms with van der Waals surface area (Å²) in [6.07, 6.45) is 0. The van der Waals surface area contributed by atoms with Crippen molar-refractivity contribution in [2.75, 3.05) is 0 Å². The molecule has 118 valence electrons. The Hall–Kier alpha value is -2.06. The highest BCUT2D eigenvalue weighted by atomic mass is 32.2. The number of halogens is 2. The van der Waals surface area contributed by atoms with E-state index in [1.165, 1.54) is 11.3 Å². The number of benzene rings is 1. The third-order valence-corrected chi connectivity index (χ3v) is 4.90. The minimum atomic E-state index is -0.738. The standard InChI is InChI=1S/C15H11F2N3OS2/c1-8(13(21)10-7-9(16)4-5-11(10)17)23-15-18-14(19-20-15)12-3-2-6-22-12/h2-8H,1H3,(H,18,19,20). The first-order chi connectivity index (χ1) is 11.0. The summed E-state index contributed by atoms with van der Waals surface area (Å²) >= 11 is 2.61. The van der Waals surface area contributed by atoms with E-state index in [-0.39, 0.29) is 5.56 Å². The molecule has 2 heterocycles. The van der Waals surface area contributed by atoms with Crippen molar-refractivity contribution in [3.63, 3.8) is 0 Å². The van der Waals surface area contributed by atoms with Crippen LogP contribution in [-0.2, 0) is 0 Å². The minimum absolute atomic E-state index is 0.265. The van der Waals surface area contributed by atoms with Gasteiger partial charge < -0.3 is 0 Å². The number of rotatable bonds is 5. The third-order valence-electron chi connectivity index (χ3n) is 3.06. The molecule has 0 amide bonds. The number of thiophene rings is 1. The summed E-state index contributed by atoms with van der Waals surface area (Å²) in [5.74, 6) is -1.28. The number of hydrogen-bond acceptors (Lipinski definition) is 5. The Balaban J connectivity index is 1.75. The predicted octanol–water partition coefficient (Wildman–Crippen LogP) is 4.17. The molecule has 3 aromatic rings. The highest BCUT2D eigenvalue weighted by Gasteiger charge is 2.22. The number of nitrogens with one attached hydrogen (secondary N) is 1. The molecule has 0 saturated carbocycles. The molecule has 23 heavy (non-hydrogen) atoms. The second kappa shape index (κ2) is 6.59. The fraction of sp³-hybridized carbons (Fsp3) is 0.133. The lowest BCUT2D eigenvalue weighted by Gasteiger charge is -2.08. The Morgan fingerprint density at radius 3 is 2.91 bits per heavy atom. The summed E-state index contributed by atoms with van der Waals surface area (Å²) in [7, 11) is 0. The maximum absolute atomic E-state index is 13.7. The van der Waals surface area contributed by atoms with Crippen molar-refractivity contribution in [1.29, 1.82) is 0 Å². The van der Waals surface area contributed by atoms with Gasteiger partial charge in [0, 0.05) is 0 Å². The van der Waals surface area contributed by atoms with Gasteiger partial charge in [-0.15, -0.1) is 16.4 Å². The normalized spacial score (nSPS) is 12.3. The van der Waals surface area contributed by atoms with Gasteiger partial charge in [0.2, 0.25) is 5.16 Å². The second-order valence-corrected chi connectivity index (χ2v) is 6.95. The van der Waals surface area contributed by atoms with E-state index in [0.29, 0.717) is 11.0 Å². The van der Waals surface area contributed by atoms with Gasteiger partial charge in [-0.1, -0.05) is 17.8 Å². The summed E-state index contributed by atoms with van der Waals surface area (Å²) in [4.78, 5) is 17.5. The summed E-state index contributed by atoms with van der Waals surface area (Å²) < 4.78 is 26.9. The lowest BCUT2D eigenvalue weighted by Crippen LogP contribution is -2.15. The maximum atomic E-state index is 13.7. The first-order valence-electron chi connectivity index (χ1n) is 6.67. The van der Waals surface area contributed by atoms with E-state index in [1.54, 1.807) is 6.92 Å². The second-order valence-electron chi connectivity index (χ2n) is 4.69. The van der Waals surface area contributed by atoms with Gasteiger partial charge in [0.15, 0.2) is 11.6 Å². The number of nitrogens with zero attached hydrogens (tertiary/aromatic N) is 2. The van der Waals surface area contributed by atoms with Gasteiger partial charge in [0.25, 0.3) is 0 Å². The highest BCUT2D eigenvalue weighted by molar-refractivity contribution is 8.00. The number of carbonyl (C=O) groups excluding carboxylic acids is 1. The predicted molar refractivity (Wildman–Crippen MR) is 85.7 cm³/mol. The van der Waals surface area contributed by atoms with Crippen molar-refractivity contribution < 1.29 is 13.6 Å². The van der Waals surface area contributed by atoms with Crippen molar-refractivity contribution in [2.45, 2.75) is 17.3 Å². The molecule has 2 aromatic heterocycles. The number of H-pyrrole nitrogens is 1. The van der Waals surface area contributed by atoms with Crippen molar-refractivity contribution in [3.05, 3.63) is 52.9 Å². The molecule has 0 aliphatic heterocycles. The molecule has 0 saturated heterocycles. The van der Waals surface area contributed by atoms with Crippen LogP contribution in [0.4, 0.5) is 8.78 Å². The average molecular weight is 351 g/mol. The molecule has 0 radical (unpaired) electrons. The zero-order valence-electron chi connectivity index (χ0n) is 11.9. The van der Waals surface area contributed by atoms with Crippen LogP contribution in [0.25, 0.3) is 10.7 Å². The third kappa shape index (κ3) is 3.48. The first-order valence-corrected chi connectivity index (χ1v) is 8.42. The van der Waals surface area contributed by atoms with E-state index < -0.39 is 22.7 Å². The summed E-state index contributed by atoms with van der Waals surface area (Å²) in [5, 5.41) is 8.50. The van der Waals surface area contributed by atoms with Crippen LogP contribution in [0.5, 0.6) is 0 Å². The van der Waals surface area contributed by atoms with Gasteiger partial charge in [-0.05, 0) is 36.6 Å². The maximum Gasteiger partial charge on any atom is 0.209 e. The summed E-state index contributed by atoms with van der Waals surface area (Å²) in [5.41, 5.74) is -0.265. The number of aromatic amines is 1. The quantitative estimate of drug-likeness (QED) is 0.553. The summed E-state index contributed by atoms with van der Waals surface area (Å²) in [6, 6.07) is 6.63. The number of Topliss-reactive ketones (excluding diaryl/α,β-unsaturated/α-hetero) is 1. The van der Waals surface area contributed by atoms with Crippen molar-refractivity contribution >= 4 is 28.9 Å². The van der Waals surface area contributed by atoms with E-state index in [1.807, 2.05) is 17.5 Å². The molecule has 3 rings (SSSR count). The molecule has 8 heteroatoms. The van der Waals surface area contributed by atoms with Crippen LogP contribution < -0.4 is 0 Å². The fourth-order valence-electron chi connectivity index (χ4n) is 1.94. The van der Waals surface area contributed by atoms with Gasteiger partial charge in [-0.25, -0.2) is 13.8 Å². The molecular formula is C15H11F2N3OS2. The number of thioether (sulfide) groups is 1. The SMILES string of the molecule is CC(Sc1n[nH]c(-c2cccs2)n1)C(=O)c1cc(F)ccc1F. The molecule has 1 N–H and O–H groups in total. The number of aromatic nitrogens is 3. The van der Waals surface area contributed by atoms with Crippen LogP contribution >= 0.6 is 23.1 Å². The van der Waals surface area contributed by atoms with Gasteiger partial charge in [0.05, 0.1) is 15.7 Å². The largest absolute Gasteiger partial charge is 0.293 e. The molecule has 4 nitrogen and oxygen atoms in total. The van der Waals surface area contributed by atoms with E-state index in [2.05, 4.69) is 15.2 Å². The van der Waals surface area contributed by atoms with Crippen LogP contribution in [0, 0.1) is 11.6 Å². The molecule has 0 aliphatic rings. The van der Waals surface area contributed by atoms with Crippen molar-refractivity contribution in [2.24, 2.45) is 0 Å². The van der Waals surface area contributed by atoms with Gasteiger partial charge >= 0.3 is 0 Å². The topological polar surface area (TPSA) is 58.6 Å². The van der Waals surface area contributed by atoms with E-state index >= 15 is 0 Å². The Morgan fingerprint density at radius 1 is 1.35 bits per heavy atom. The lowest BCUT2D eigenvalue weighted by atomic mass is 10.1. The van der Waals surface area contributed by atoms with Crippen LogP contribution in [0.3, 0.4) is 0 Å². The Morgan fingerprint density at radius 2 is 2.17 bits per heavy atom. The molecular weight excluding hydrogens is 340 g/mol. The average Bonchev–Trinajstić information content (AvgIpc) is 3.19. The molecule has 0 fully saturated rings. The van der Waals surface area contributed by atoms with Crippen LogP contribution in [0.15, 0.2) is 40.9 Å². The van der Waals surface area contributed by atoms with E-state index in [4.69, 9.17) is 0 Å².